The predicted octanol–water partition coefficient (Wildman–Crippen LogP) is 2.09. The molecule has 2 unspecified atom stereocenters. The SMILES string of the molecule is Cc1c(Cl)cc([N+](=O)[O-])cc1C(=O)N1CCN2CCC1C2. The van der Waals surface area contributed by atoms with E-state index >= 15 is 0 Å². The summed E-state index contributed by atoms with van der Waals surface area (Å²) in [4.78, 5) is 27.4. The summed E-state index contributed by atoms with van der Waals surface area (Å²) in [6.07, 6.45) is 0.966. The highest BCUT2D eigenvalue weighted by atomic mass is 35.5. The van der Waals surface area contributed by atoms with Crippen molar-refractivity contribution in [2.45, 2.75) is 19.4 Å². The summed E-state index contributed by atoms with van der Waals surface area (Å²) >= 11 is 6.04. The van der Waals surface area contributed by atoms with Crippen molar-refractivity contribution in [2.75, 3.05) is 26.2 Å². The summed E-state index contributed by atoms with van der Waals surface area (Å²) in [6.45, 7) is 5.17. The van der Waals surface area contributed by atoms with Crippen molar-refractivity contribution >= 4 is 23.2 Å². The average Bonchev–Trinajstić information content (AvgIpc) is 2.82. The van der Waals surface area contributed by atoms with Gasteiger partial charge in [-0.25, -0.2) is 0 Å². The summed E-state index contributed by atoms with van der Waals surface area (Å²) in [5.41, 5.74) is 0.807. The molecule has 0 aliphatic carbocycles. The molecule has 2 bridgehead atoms. The van der Waals surface area contributed by atoms with E-state index in [9.17, 15) is 14.9 Å². The van der Waals surface area contributed by atoms with Crippen molar-refractivity contribution in [1.29, 1.82) is 0 Å². The number of fused-ring (bicyclic) bond motifs is 2. The van der Waals surface area contributed by atoms with Crippen molar-refractivity contribution in [2.24, 2.45) is 0 Å². The van der Waals surface area contributed by atoms with E-state index in [0.29, 0.717) is 17.7 Å². The molecule has 1 aromatic carbocycles. The smallest absolute Gasteiger partial charge is 0.271 e. The molecule has 112 valence electrons. The topological polar surface area (TPSA) is 66.7 Å². The molecule has 2 heterocycles. The quantitative estimate of drug-likeness (QED) is 0.620. The fourth-order valence-corrected chi connectivity index (χ4v) is 3.33. The lowest BCUT2D eigenvalue weighted by molar-refractivity contribution is -0.384. The molecule has 2 aliphatic rings. The number of non-ortho nitro benzene ring substituents is 1. The van der Waals surface area contributed by atoms with Crippen molar-refractivity contribution in [3.05, 3.63) is 38.4 Å². The zero-order valence-corrected chi connectivity index (χ0v) is 12.5. The van der Waals surface area contributed by atoms with E-state index < -0.39 is 4.92 Å². The first-order valence-corrected chi connectivity index (χ1v) is 7.33. The fourth-order valence-electron chi connectivity index (χ4n) is 3.12. The minimum Gasteiger partial charge on any atom is -0.333 e. The largest absolute Gasteiger partial charge is 0.333 e. The van der Waals surface area contributed by atoms with Gasteiger partial charge >= 0.3 is 0 Å². The Labute approximate surface area is 127 Å². The third kappa shape index (κ3) is 2.49. The predicted molar refractivity (Wildman–Crippen MR) is 78.7 cm³/mol. The number of nitrogens with zero attached hydrogens (tertiary/aromatic N) is 3. The number of nitro groups is 1. The Bertz CT molecular complexity index is 620. The molecule has 2 fully saturated rings. The molecule has 7 heteroatoms. The van der Waals surface area contributed by atoms with Gasteiger partial charge in [0.15, 0.2) is 0 Å². The van der Waals surface area contributed by atoms with Gasteiger partial charge in [0.2, 0.25) is 0 Å². The molecule has 1 aromatic rings. The van der Waals surface area contributed by atoms with Crippen LogP contribution in [0.25, 0.3) is 0 Å². The van der Waals surface area contributed by atoms with Gasteiger partial charge in [-0.3, -0.25) is 19.8 Å². The zero-order valence-electron chi connectivity index (χ0n) is 11.7. The third-order valence-electron chi connectivity index (χ3n) is 4.38. The number of benzene rings is 1. The molecule has 0 spiro atoms. The van der Waals surface area contributed by atoms with Gasteiger partial charge in [0, 0.05) is 44.4 Å². The minimum atomic E-state index is -0.518. The van der Waals surface area contributed by atoms with E-state index in [1.54, 1.807) is 6.92 Å². The Morgan fingerprint density at radius 2 is 2.14 bits per heavy atom. The number of nitro benzene ring substituents is 1. The first-order valence-electron chi connectivity index (χ1n) is 6.95. The Morgan fingerprint density at radius 3 is 2.86 bits per heavy atom. The van der Waals surface area contributed by atoms with Crippen LogP contribution >= 0.6 is 11.6 Å². The van der Waals surface area contributed by atoms with E-state index in [0.717, 1.165) is 26.1 Å². The standard InChI is InChI=1S/C14H16ClN3O3/c1-9-12(6-11(18(20)21)7-13(9)15)14(19)17-5-4-16-3-2-10(17)8-16/h6-7,10H,2-5,8H2,1H3. The van der Waals surface area contributed by atoms with Gasteiger partial charge in [0.1, 0.15) is 0 Å². The second-order valence-corrected chi connectivity index (χ2v) is 6.01. The van der Waals surface area contributed by atoms with E-state index in [1.807, 2.05) is 4.90 Å². The average molecular weight is 310 g/mol. The summed E-state index contributed by atoms with van der Waals surface area (Å²) in [7, 11) is 0. The summed E-state index contributed by atoms with van der Waals surface area (Å²) in [5.74, 6) is -0.148. The van der Waals surface area contributed by atoms with Crippen LogP contribution in [0.3, 0.4) is 0 Å². The molecular weight excluding hydrogens is 294 g/mol. The first-order chi connectivity index (χ1) is 9.97. The van der Waals surface area contributed by atoms with Crippen LogP contribution in [0.1, 0.15) is 22.3 Å². The van der Waals surface area contributed by atoms with Crippen LogP contribution in [0.2, 0.25) is 5.02 Å². The van der Waals surface area contributed by atoms with E-state index in [-0.39, 0.29) is 22.7 Å². The van der Waals surface area contributed by atoms with Crippen LogP contribution in [-0.2, 0) is 0 Å². The van der Waals surface area contributed by atoms with Crippen molar-refractivity contribution in [3.63, 3.8) is 0 Å². The number of carbonyl (C=O) groups is 1. The fraction of sp³-hybridized carbons (Fsp3) is 0.500. The molecule has 3 rings (SSSR count). The van der Waals surface area contributed by atoms with Crippen molar-refractivity contribution < 1.29 is 9.72 Å². The number of hydrogen-bond acceptors (Lipinski definition) is 4. The zero-order chi connectivity index (χ0) is 15.1. The molecule has 21 heavy (non-hydrogen) atoms. The number of carbonyl (C=O) groups excluding carboxylic acids is 1. The van der Waals surface area contributed by atoms with E-state index in [1.165, 1.54) is 12.1 Å². The highest BCUT2D eigenvalue weighted by molar-refractivity contribution is 6.32. The lowest BCUT2D eigenvalue weighted by Crippen LogP contribution is -2.49. The normalized spacial score (nSPS) is 24.2. The Hall–Kier alpha value is -1.66. The number of piperazine rings is 1. The minimum absolute atomic E-state index is 0.140. The van der Waals surface area contributed by atoms with Crippen molar-refractivity contribution in [1.82, 2.24) is 9.80 Å². The van der Waals surface area contributed by atoms with Crippen LogP contribution in [0.5, 0.6) is 0 Å². The molecule has 2 aliphatic heterocycles. The van der Waals surface area contributed by atoms with Gasteiger partial charge in [-0.05, 0) is 18.9 Å². The van der Waals surface area contributed by atoms with E-state index in [2.05, 4.69) is 4.90 Å². The Balaban J connectivity index is 1.95. The van der Waals surface area contributed by atoms with Gasteiger partial charge in [0.05, 0.1) is 15.5 Å². The summed E-state index contributed by atoms with van der Waals surface area (Å²) < 4.78 is 0. The molecule has 0 saturated carbocycles. The first kappa shape index (κ1) is 14.3. The van der Waals surface area contributed by atoms with E-state index in [4.69, 9.17) is 11.6 Å². The lowest BCUT2D eigenvalue weighted by atomic mass is 10.0. The van der Waals surface area contributed by atoms with Crippen LogP contribution < -0.4 is 0 Å². The molecule has 2 saturated heterocycles. The Morgan fingerprint density at radius 1 is 1.38 bits per heavy atom. The van der Waals surface area contributed by atoms with Crippen LogP contribution in [-0.4, -0.2) is 52.9 Å². The van der Waals surface area contributed by atoms with Crippen molar-refractivity contribution in [3.8, 4) is 0 Å². The molecular formula is C14H16ClN3O3. The van der Waals surface area contributed by atoms with Gasteiger partial charge in [-0.1, -0.05) is 11.6 Å². The van der Waals surface area contributed by atoms with Gasteiger partial charge in [-0.15, -0.1) is 0 Å². The number of halogens is 1. The second-order valence-electron chi connectivity index (χ2n) is 5.60. The molecule has 0 N–H and O–H groups in total. The second kappa shape index (κ2) is 5.27. The maximum atomic E-state index is 12.8. The molecule has 1 amide bonds. The maximum absolute atomic E-state index is 12.8. The highest BCUT2D eigenvalue weighted by Gasteiger charge is 2.36. The molecule has 6 nitrogen and oxygen atoms in total. The number of hydrogen-bond donors (Lipinski definition) is 0. The molecule has 0 aromatic heterocycles. The Kier molecular flexibility index (Phi) is 3.59. The van der Waals surface area contributed by atoms with Crippen LogP contribution in [0, 0.1) is 17.0 Å². The molecule has 2 atom stereocenters. The monoisotopic (exact) mass is 309 g/mol. The summed E-state index contributed by atoms with van der Waals surface area (Å²) in [6, 6.07) is 2.84. The van der Waals surface area contributed by atoms with Gasteiger partial charge in [-0.2, -0.15) is 0 Å². The maximum Gasteiger partial charge on any atom is 0.271 e. The number of amides is 1. The lowest BCUT2D eigenvalue weighted by Gasteiger charge is -2.34. The number of rotatable bonds is 2. The summed E-state index contributed by atoms with van der Waals surface area (Å²) in [5, 5.41) is 11.2. The third-order valence-corrected chi connectivity index (χ3v) is 4.77. The van der Waals surface area contributed by atoms with Gasteiger partial charge in [0.25, 0.3) is 11.6 Å². The highest BCUT2D eigenvalue weighted by Crippen LogP contribution is 2.29. The van der Waals surface area contributed by atoms with Gasteiger partial charge < -0.3 is 4.90 Å². The van der Waals surface area contributed by atoms with Crippen LogP contribution in [0.15, 0.2) is 12.1 Å². The van der Waals surface area contributed by atoms with Crippen LogP contribution in [0.4, 0.5) is 5.69 Å². The molecule has 0 radical (unpaired) electrons.